The number of hydrazone groups is 1. The van der Waals surface area contributed by atoms with Gasteiger partial charge in [0, 0.05) is 12.3 Å². The van der Waals surface area contributed by atoms with Gasteiger partial charge in [0.05, 0.1) is 13.7 Å². The quantitative estimate of drug-likeness (QED) is 0.824. The number of esters is 1. The summed E-state index contributed by atoms with van der Waals surface area (Å²) in [5.74, 6) is -0.861. The number of ether oxygens (including phenoxy) is 2. The zero-order valence-electron chi connectivity index (χ0n) is 14.4. The number of hydrogen-bond donors (Lipinski definition) is 1. The average molecular weight is 371 g/mol. The lowest BCUT2D eigenvalue weighted by atomic mass is 9.93. The Morgan fingerprint density at radius 1 is 1.35 bits per heavy atom. The molecule has 0 aliphatic carbocycles. The Kier molecular flexibility index (Phi) is 5.08. The molecule has 4 atom stereocenters. The third kappa shape index (κ3) is 3.48. The SMILES string of the molecule is CCOC(=O)C1C=NN2C1NC(c1ccc(OC)cc1)CC2C(F)(F)F. The highest BCUT2D eigenvalue weighted by molar-refractivity contribution is 5.91. The lowest BCUT2D eigenvalue weighted by Crippen LogP contribution is -2.60. The maximum atomic E-state index is 13.6. The number of hydrogen-bond acceptors (Lipinski definition) is 6. The van der Waals surface area contributed by atoms with Crippen molar-refractivity contribution < 1.29 is 27.4 Å². The third-order valence-electron chi connectivity index (χ3n) is 4.59. The second-order valence-electron chi connectivity index (χ2n) is 6.15. The predicted octanol–water partition coefficient (Wildman–Crippen LogP) is 2.47. The van der Waals surface area contributed by atoms with Gasteiger partial charge in [-0.2, -0.15) is 18.3 Å². The van der Waals surface area contributed by atoms with Crippen molar-refractivity contribution in [3.63, 3.8) is 0 Å². The summed E-state index contributed by atoms with van der Waals surface area (Å²) in [4.78, 5) is 12.1. The van der Waals surface area contributed by atoms with Gasteiger partial charge in [-0.15, -0.1) is 0 Å². The molecule has 1 aromatic carbocycles. The van der Waals surface area contributed by atoms with E-state index in [0.717, 1.165) is 5.01 Å². The van der Waals surface area contributed by atoms with Crippen LogP contribution in [0.1, 0.15) is 24.9 Å². The van der Waals surface area contributed by atoms with Gasteiger partial charge in [0.25, 0.3) is 0 Å². The molecule has 2 heterocycles. The highest BCUT2D eigenvalue weighted by Gasteiger charge is 2.54. The van der Waals surface area contributed by atoms with Gasteiger partial charge in [-0.05, 0) is 31.0 Å². The molecule has 3 rings (SSSR count). The van der Waals surface area contributed by atoms with Crippen LogP contribution in [0.4, 0.5) is 13.2 Å². The predicted molar refractivity (Wildman–Crippen MR) is 87.6 cm³/mol. The number of halogens is 3. The number of rotatable bonds is 4. The zero-order chi connectivity index (χ0) is 18.9. The van der Waals surface area contributed by atoms with E-state index in [9.17, 15) is 18.0 Å². The van der Waals surface area contributed by atoms with Crippen molar-refractivity contribution in [1.29, 1.82) is 0 Å². The molecule has 2 aliphatic rings. The Balaban J connectivity index is 1.88. The summed E-state index contributed by atoms with van der Waals surface area (Å²) in [5, 5.41) is 7.90. The summed E-state index contributed by atoms with van der Waals surface area (Å²) in [5.41, 5.74) is 0.689. The molecule has 0 spiro atoms. The molecule has 4 unspecified atom stereocenters. The molecule has 0 amide bonds. The van der Waals surface area contributed by atoms with E-state index >= 15 is 0 Å². The van der Waals surface area contributed by atoms with Crippen LogP contribution in [-0.2, 0) is 9.53 Å². The Hall–Kier alpha value is -2.29. The first-order valence-electron chi connectivity index (χ1n) is 8.31. The Labute approximate surface area is 148 Å². The van der Waals surface area contributed by atoms with Gasteiger partial charge >= 0.3 is 12.1 Å². The number of benzene rings is 1. The molecule has 2 aliphatic heterocycles. The monoisotopic (exact) mass is 371 g/mol. The highest BCUT2D eigenvalue weighted by atomic mass is 19.4. The molecular formula is C17H20F3N3O3. The summed E-state index contributed by atoms with van der Waals surface area (Å²) in [6.45, 7) is 1.80. The second-order valence-corrected chi connectivity index (χ2v) is 6.15. The number of nitrogens with zero attached hydrogens (tertiary/aromatic N) is 2. The Bertz CT molecular complexity index is 678. The van der Waals surface area contributed by atoms with Crippen molar-refractivity contribution in [1.82, 2.24) is 10.3 Å². The van der Waals surface area contributed by atoms with Gasteiger partial charge in [-0.25, -0.2) is 0 Å². The van der Waals surface area contributed by atoms with E-state index in [4.69, 9.17) is 9.47 Å². The molecule has 0 radical (unpaired) electrons. The van der Waals surface area contributed by atoms with Crippen molar-refractivity contribution >= 4 is 12.2 Å². The summed E-state index contributed by atoms with van der Waals surface area (Å²) in [6.07, 6.45) is -4.35. The van der Waals surface area contributed by atoms with Crippen LogP contribution < -0.4 is 10.1 Å². The van der Waals surface area contributed by atoms with Crippen LogP contribution in [0.15, 0.2) is 29.4 Å². The van der Waals surface area contributed by atoms with Gasteiger partial charge < -0.3 is 9.47 Å². The summed E-state index contributed by atoms with van der Waals surface area (Å²) in [6, 6.07) is 4.47. The fourth-order valence-electron chi connectivity index (χ4n) is 3.31. The number of methoxy groups -OCH3 is 1. The lowest BCUT2D eigenvalue weighted by Gasteiger charge is -2.43. The molecule has 6 nitrogen and oxygen atoms in total. The minimum Gasteiger partial charge on any atom is -0.497 e. The van der Waals surface area contributed by atoms with Crippen LogP contribution in [0, 0.1) is 5.92 Å². The average Bonchev–Trinajstić information content (AvgIpc) is 3.04. The van der Waals surface area contributed by atoms with Crippen molar-refractivity contribution in [2.45, 2.75) is 37.8 Å². The van der Waals surface area contributed by atoms with Gasteiger partial charge in [0.1, 0.15) is 23.9 Å². The molecule has 1 saturated heterocycles. The molecule has 0 saturated carbocycles. The Morgan fingerprint density at radius 2 is 2.04 bits per heavy atom. The van der Waals surface area contributed by atoms with Crippen molar-refractivity contribution in [3.05, 3.63) is 29.8 Å². The maximum Gasteiger partial charge on any atom is 0.410 e. The van der Waals surface area contributed by atoms with Gasteiger partial charge in [-0.1, -0.05) is 12.1 Å². The molecule has 1 aromatic rings. The maximum absolute atomic E-state index is 13.6. The van der Waals surface area contributed by atoms with Gasteiger partial charge in [0.15, 0.2) is 0 Å². The van der Waals surface area contributed by atoms with Crippen molar-refractivity contribution in [2.75, 3.05) is 13.7 Å². The second kappa shape index (κ2) is 7.14. The molecule has 26 heavy (non-hydrogen) atoms. The first kappa shape index (κ1) is 18.5. The van der Waals surface area contributed by atoms with Crippen LogP contribution >= 0.6 is 0 Å². The zero-order valence-corrected chi connectivity index (χ0v) is 14.4. The largest absolute Gasteiger partial charge is 0.497 e. The molecule has 1 N–H and O–H groups in total. The molecule has 9 heteroatoms. The van der Waals surface area contributed by atoms with E-state index in [1.807, 2.05) is 0 Å². The van der Waals surface area contributed by atoms with Crippen LogP contribution in [0.2, 0.25) is 0 Å². The van der Waals surface area contributed by atoms with E-state index in [-0.39, 0.29) is 13.0 Å². The van der Waals surface area contributed by atoms with Crippen molar-refractivity contribution in [3.8, 4) is 5.75 Å². The summed E-state index contributed by atoms with van der Waals surface area (Å²) < 4.78 is 50.8. The van der Waals surface area contributed by atoms with Crippen LogP contribution in [0.3, 0.4) is 0 Å². The van der Waals surface area contributed by atoms with Crippen LogP contribution in [-0.4, -0.2) is 49.3 Å². The molecule has 0 bridgehead atoms. The highest BCUT2D eigenvalue weighted by Crippen LogP contribution is 2.40. The molecule has 142 valence electrons. The Morgan fingerprint density at radius 3 is 2.62 bits per heavy atom. The lowest BCUT2D eigenvalue weighted by molar-refractivity contribution is -0.205. The first-order valence-corrected chi connectivity index (χ1v) is 8.31. The van der Waals surface area contributed by atoms with Crippen molar-refractivity contribution in [2.24, 2.45) is 11.0 Å². The standard InChI is InChI=1S/C17H20F3N3O3/c1-3-26-16(24)12-9-21-23-14(17(18,19)20)8-13(22-15(12)23)10-4-6-11(25-2)7-5-10/h4-7,9,12-15,22H,3,8H2,1-2H3. The van der Waals surface area contributed by atoms with Crippen LogP contribution in [0.25, 0.3) is 0 Å². The minimum atomic E-state index is -4.47. The number of carbonyl (C=O) groups is 1. The third-order valence-corrected chi connectivity index (χ3v) is 4.59. The normalized spacial score (nSPS) is 28.0. The van der Waals surface area contributed by atoms with Gasteiger partial charge in [-0.3, -0.25) is 15.1 Å². The van der Waals surface area contributed by atoms with E-state index < -0.39 is 36.3 Å². The minimum absolute atomic E-state index is 0.153. The first-order chi connectivity index (χ1) is 12.3. The number of carbonyl (C=O) groups excluding carboxylic acids is 1. The van der Waals surface area contributed by atoms with Crippen LogP contribution in [0.5, 0.6) is 5.75 Å². The molecule has 0 aromatic heterocycles. The number of alkyl halides is 3. The van der Waals surface area contributed by atoms with E-state index in [0.29, 0.717) is 11.3 Å². The fraction of sp³-hybridized carbons (Fsp3) is 0.529. The number of fused-ring (bicyclic) bond motifs is 1. The topological polar surface area (TPSA) is 63.2 Å². The van der Waals surface area contributed by atoms with Gasteiger partial charge in [0.2, 0.25) is 0 Å². The number of nitrogens with one attached hydrogen (secondary N) is 1. The molecule has 1 fully saturated rings. The fourth-order valence-corrected chi connectivity index (χ4v) is 3.31. The summed E-state index contributed by atoms with van der Waals surface area (Å²) >= 11 is 0. The van der Waals surface area contributed by atoms with E-state index in [1.165, 1.54) is 13.3 Å². The van der Waals surface area contributed by atoms with E-state index in [1.54, 1.807) is 31.2 Å². The smallest absolute Gasteiger partial charge is 0.410 e. The summed E-state index contributed by atoms with van der Waals surface area (Å²) in [7, 11) is 1.52. The molecular weight excluding hydrogens is 351 g/mol. The van der Waals surface area contributed by atoms with E-state index in [2.05, 4.69) is 10.4 Å².